The molecule has 4 N–H and O–H groups in total. The van der Waals surface area contributed by atoms with Crippen LogP contribution >= 0.6 is 0 Å². The third-order valence-corrected chi connectivity index (χ3v) is 15.3. The van der Waals surface area contributed by atoms with Crippen molar-refractivity contribution in [1.29, 1.82) is 0 Å². The molecule has 1 aliphatic heterocycles. The number of hydrogen-bond acceptors (Lipinski definition) is 8. The Morgan fingerprint density at radius 1 is 0.848 bits per heavy atom. The van der Waals surface area contributed by atoms with Crippen LogP contribution in [0.3, 0.4) is 0 Å². The maximum Gasteiger partial charge on any atom is 0.337 e. The number of methoxy groups -OCH3 is 1. The van der Waals surface area contributed by atoms with E-state index in [4.69, 9.17) is 14.2 Å². The molecule has 13 atom stereocenters. The zero-order valence-electron chi connectivity index (χ0n) is 29.2. The Bertz CT molecular complexity index is 1280. The van der Waals surface area contributed by atoms with Crippen LogP contribution in [0.5, 0.6) is 0 Å². The van der Waals surface area contributed by atoms with Crippen LogP contribution in [0.1, 0.15) is 113 Å². The molecule has 0 spiro atoms. The van der Waals surface area contributed by atoms with Gasteiger partial charge in [0, 0.05) is 0 Å². The summed E-state index contributed by atoms with van der Waals surface area (Å²) in [6, 6.07) is 0. The number of aliphatic carboxylic acids is 1. The molecule has 5 aliphatic carbocycles. The molecule has 260 valence electrons. The highest BCUT2D eigenvalue weighted by Crippen LogP contribution is 2.76. The van der Waals surface area contributed by atoms with Crippen LogP contribution in [-0.4, -0.2) is 76.3 Å². The average Bonchev–Trinajstić information content (AvgIpc) is 2.98. The summed E-state index contributed by atoms with van der Waals surface area (Å²) in [6.45, 7) is 16.5. The van der Waals surface area contributed by atoms with E-state index in [0.717, 1.165) is 64.2 Å². The number of hydrogen-bond donors (Lipinski definition) is 4. The summed E-state index contributed by atoms with van der Waals surface area (Å²) in [4.78, 5) is 25.2. The summed E-state index contributed by atoms with van der Waals surface area (Å²) in [5, 5.41) is 42.4. The summed E-state index contributed by atoms with van der Waals surface area (Å²) >= 11 is 0. The molecular weight excluding hydrogens is 588 g/mol. The second-order valence-electron chi connectivity index (χ2n) is 18.1. The quantitative estimate of drug-likeness (QED) is 0.183. The van der Waals surface area contributed by atoms with Gasteiger partial charge in [0.25, 0.3) is 0 Å². The number of esters is 1. The van der Waals surface area contributed by atoms with Crippen molar-refractivity contribution in [2.24, 2.45) is 50.2 Å². The summed E-state index contributed by atoms with van der Waals surface area (Å²) in [6.07, 6.45) is 3.73. The zero-order valence-corrected chi connectivity index (χ0v) is 29.2. The lowest BCUT2D eigenvalue weighted by Crippen LogP contribution is -2.66. The smallest absolute Gasteiger partial charge is 0.337 e. The normalized spacial score (nSPS) is 50.9. The predicted molar refractivity (Wildman–Crippen MR) is 170 cm³/mol. The molecule has 9 heteroatoms. The van der Waals surface area contributed by atoms with Gasteiger partial charge in [0.1, 0.15) is 18.3 Å². The fraction of sp³-hybridized carbons (Fsp3) is 0.892. The molecule has 0 amide bonds. The number of fused-ring (bicyclic) bond motifs is 7. The van der Waals surface area contributed by atoms with Crippen LogP contribution in [0.25, 0.3) is 0 Å². The number of allylic oxidation sites excluding steroid dienone is 2. The summed E-state index contributed by atoms with van der Waals surface area (Å²) < 4.78 is 17.0. The van der Waals surface area contributed by atoms with Crippen LogP contribution in [-0.2, 0) is 23.8 Å². The lowest BCUT2D eigenvalue weighted by Gasteiger charge is -2.71. The largest absolute Gasteiger partial charge is 0.481 e. The second kappa shape index (κ2) is 11.0. The van der Waals surface area contributed by atoms with Crippen LogP contribution in [0.4, 0.5) is 0 Å². The Kier molecular flexibility index (Phi) is 8.21. The van der Waals surface area contributed by atoms with E-state index in [1.54, 1.807) is 0 Å². The van der Waals surface area contributed by atoms with Crippen LogP contribution in [0, 0.1) is 50.2 Å². The van der Waals surface area contributed by atoms with Crippen LogP contribution in [0.2, 0.25) is 0 Å². The Morgan fingerprint density at radius 3 is 2.17 bits per heavy atom. The van der Waals surface area contributed by atoms with Crippen molar-refractivity contribution in [2.75, 3.05) is 7.11 Å². The van der Waals surface area contributed by atoms with Gasteiger partial charge in [0.2, 0.25) is 0 Å². The first-order chi connectivity index (χ1) is 21.3. The first-order valence-electron chi connectivity index (χ1n) is 17.7. The molecule has 46 heavy (non-hydrogen) atoms. The number of carboxylic acids is 1. The van der Waals surface area contributed by atoms with Gasteiger partial charge in [0.05, 0.1) is 18.6 Å². The van der Waals surface area contributed by atoms with E-state index in [1.165, 1.54) is 12.7 Å². The molecule has 6 aliphatic rings. The van der Waals surface area contributed by atoms with E-state index in [2.05, 4.69) is 54.5 Å². The Balaban J connectivity index is 1.28. The Hall–Kier alpha value is -1.52. The first-order valence-corrected chi connectivity index (χ1v) is 17.7. The molecule has 0 radical (unpaired) electrons. The molecule has 1 saturated heterocycles. The van der Waals surface area contributed by atoms with Gasteiger partial charge in [-0.05, 0) is 109 Å². The van der Waals surface area contributed by atoms with Gasteiger partial charge in [-0.3, -0.25) is 4.79 Å². The molecule has 6 rings (SSSR count). The molecule has 4 saturated carbocycles. The van der Waals surface area contributed by atoms with Gasteiger partial charge >= 0.3 is 11.9 Å². The minimum atomic E-state index is -1.62. The van der Waals surface area contributed by atoms with E-state index in [0.29, 0.717) is 11.8 Å². The van der Waals surface area contributed by atoms with E-state index < -0.39 is 48.1 Å². The van der Waals surface area contributed by atoms with Crippen molar-refractivity contribution in [3.05, 3.63) is 11.6 Å². The molecule has 0 aromatic carbocycles. The van der Waals surface area contributed by atoms with Crippen molar-refractivity contribution in [1.82, 2.24) is 0 Å². The van der Waals surface area contributed by atoms with E-state index in [9.17, 15) is 30.0 Å². The zero-order chi connectivity index (χ0) is 33.8. The summed E-state index contributed by atoms with van der Waals surface area (Å²) in [5.41, 5.74) is 0.605. The van der Waals surface area contributed by atoms with E-state index >= 15 is 0 Å². The monoisotopic (exact) mass is 646 g/mol. The van der Waals surface area contributed by atoms with Crippen LogP contribution < -0.4 is 0 Å². The highest BCUT2D eigenvalue weighted by atomic mass is 16.7. The maximum absolute atomic E-state index is 13.0. The number of aliphatic hydroxyl groups is 3. The van der Waals surface area contributed by atoms with Gasteiger partial charge in [-0.25, -0.2) is 4.79 Å². The van der Waals surface area contributed by atoms with E-state index in [1.807, 2.05) is 0 Å². The van der Waals surface area contributed by atoms with Crippen molar-refractivity contribution in [3.8, 4) is 0 Å². The number of aliphatic hydroxyl groups excluding tert-OH is 3. The minimum Gasteiger partial charge on any atom is -0.481 e. The number of carbonyl (C=O) groups is 2. The summed E-state index contributed by atoms with van der Waals surface area (Å²) in [7, 11) is 1.18. The molecule has 9 nitrogen and oxygen atoms in total. The second-order valence-corrected chi connectivity index (χ2v) is 18.1. The predicted octanol–water partition coefficient (Wildman–Crippen LogP) is 5.24. The standard InChI is InChI=1S/C37H58O9/c1-32(2)15-17-37(31(42)43)18-16-35(6)20(21(37)19-32)9-10-23-34(5)13-12-24(33(3,4)22(34)11-14-36(23,35)7)45-30-27(40)25(38)26(39)28(46-30)29(41)44-8/h9,21-28,30,38-40H,10-19H2,1-8H3,(H,42,43)/t21-,22+,23+,24-,25-,26-,27+,28-,30+,34-,35+,36+,37-/m0/s1. The van der Waals surface area contributed by atoms with Gasteiger partial charge in [-0.1, -0.05) is 60.1 Å². The summed E-state index contributed by atoms with van der Waals surface area (Å²) in [5.74, 6) is -0.600. The number of ether oxygens (including phenoxy) is 3. The van der Waals surface area contributed by atoms with E-state index in [-0.39, 0.29) is 39.1 Å². The molecule has 5 fully saturated rings. The minimum absolute atomic E-state index is 0.0187. The fourth-order valence-electron chi connectivity index (χ4n) is 12.3. The van der Waals surface area contributed by atoms with Crippen molar-refractivity contribution >= 4 is 11.9 Å². The Labute approximate surface area is 274 Å². The van der Waals surface area contributed by atoms with Gasteiger partial charge in [-0.2, -0.15) is 0 Å². The average molecular weight is 647 g/mol. The number of carboxylic acid groups (broad SMARTS) is 1. The third-order valence-electron chi connectivity index (χ3n) is 15.3. The highest BCUT2D eigenvalue weighted by molar-refractivity contribution is 5.77. The number of carbonyl (C=O) groups excluding carboxylic acids is 1. The van der Waals surface area contributed by atoms with Gasteiger partial charge in [-0.15, -0.1) is 0 Å². The lowest BCUT2D eigenvalue weighted by molar-refractivity contribution is -0.324. The molecular formula is C37H58O9. The fourth-order valence-corrected chi connectivity index (χ4v) is 12.3. The van der Waals surface area contributed by atoms with Gasteiger partial charge in [0.15, 0.2) is 12.4 Å². The lowest BCUT2D eigenvalue weighted by atomic mass is 9.33. The molecule has 0 unspecified atom stereocenters. The SMILES string of the molecule is COC(=O)[C@H]1O[C@@H](O[C@H]2CC[C@@]3(C)[C@H](CC[C@]4(C)[C@@H]3CC=C3[C@@H]5CC(C)(C)CC[C@]5(C(=O)O)CC[C@]34C)C2(C)C)[C@H](O)[C@@H](O)[C@@H]1O. The molecule has 1 heterocycles. The van der Waals surface area contributed by atoms with Crippen molar-refractivity contribution < 1.29 is 44.2 Å². The molecule has 0 bridgehead atoms. The van der Waals surface area contributed by atoms with Gasteiger partial charge < -0.3 is 34.6 Å². The molecule has 0 aromatic heterocycles. The first kappa shape index (κ1) is 34.3. The highest BCUT2D eigenvalue weighted by Gasteiger charge is 2.69. The topological polar surface area (TPSA) is 143 Å². The Morgan fingerprint density at radius 2 is 1.52 bits per heavy atom. The molecule has 0 aromatic rings. The number of rotatable bonds is 4. The van der Waals surface area contributed by atoms with Crippen molar-refractivity contribution in [2.45, 2.75) is 149 Å². The maximum atomic E-state index is 13.0. The van der Waals surface area contributed by atoms with Crippen molar-refractivity contribution in [3.63, 3.8) is 0 Å². The third kappa shape index (κ3) is 4.64. The van der Waals surface area contributed by atoms with Crippen LogP contribution in [0.15, 0.2) is 11.6 Å².